The number of aryl methyl sites for hydroxylation is 1. The lowest BCUT2D eigenvalue weighted by molar-refractivity contribution is 0.589. The van der Waals surface area contributed by atoms with Crippen LogP contribution in [0.4, 0.5) is 11.6 Å². The van der Waals surface area contributed by atoms with Crippen LogP contribution in [0.1, 0.15) is 28.8 Å². The maximum Gasteiger partial charge on any atom is 0.264 e. The number of sulfonamides is 1. The van der Waals surface area contributed by atoms with Gasteiger partial charge in [0.15, 0.2) is 0 Å². The van der Waals surface area contributed by atoms with E-state index >= 15 is 0 Å². The minimum atomic E-state index is -3.79. The van der Waals surface area contributed by atoms with Gasteiger partial charge < -0.3 is 5.73 Å². The molecular weight excluding hydrogens is 460 g/mol. The van der Waals surface area contributed by atoms with E-state index in [0.29, 0.717) is 36.2 Å². The van der Waals surface area contributed by atoms with Crippen molar-refractivity contribution in [2.45, 2.75) is 31.1 Å². The molecule has 0 aliphatic heterocycles. The summed E-state index contributed by atoms with van der Waals surface area (Å²) in [4.78, 5) is 19.9. The van der Waals surface area contributed by atoms with Gasteiger partial charge in [-0.05, 0) is 49.6 Å². The number of nitrogens with two attached hydrogens (primary N) is 1. The average molecular weight is 489 g/mol. The second-order valence-electron chi connectivity index (χ2n) is 8.37. The lowest BCUT2D eigenvalue weighted by atomic mass is 10.0. The first-order chi connectivity index (χ1) is 16.8. The quantitative estimate of drug-likeness (QED) is 0.369. The van der Waals surface area contributed by atoms with Crippen molar-refractivity contribution in [2.24, 2.45) is 0 Å². The summed E-state index contributed by atoms with van der Waals surface area (Å²) < 4.78 is 28.5. The maximum atomic E-state index is 13.5. The van der Waals surface area contributed by atoms with Gasteiger partial charge in [-0.2, -0.15) is 0 Å². The largest absolute Gasteiger partial charge is 0.369 e. The smallest absolute Gasteiger partial charge is 0.264 e. The summed E-state index contributed by atoms with van der Waals surface area (Å²) in [6.45, 7) is 2.12. The maximum absolute atomic E-state index is 13.5. The van der Waals surface area contributed by atoms with Crippen molar-refractivity contribution in [1.82, 2.24) is 9.97 Å². The number of H-pyrrole nitrogens is 1. The van der Waals surface area contributed by atoms with E-state index < -0.39 is 10.0 Å². The molecule has 4 aromatic rings. The molecule has 0 saturated heterocycles. The van der Waals surface area contributed by atoms with E-state index in [0.717, 1.165) is 11.1 Å². The van der Waals surface area contributed by atoms with E-state index in [1.54, 1.807) is 48.5 Å². The lowest BCUT2D eigenvalue weighted by Crippen LogP contribution is -2.32. The summed E-state index contributed by atoms with van der Waals surface area (Å²) in [7, 11) is -3.79. The Bertz CT molecular complexity index is 1440. The van der Waals surface area contributed by atoms with Crippen molar-refractivity contribution in [3.05, 3.63) is 118 Å². The molecule has 3 aromatic carbocycles. The summed E-state index contributed by atoms with van der Waals surface area (Å²) >= 11 is 0. The van der Waals surface area contributed by atoms with Crippen molar-refractivity contribution < 1.29 is 8.42 Å². The second-order valence-corrected chi connectivity index (χ2v) is 10.2. The molecule has 0 unspecified atom stereocenters. The SMILES string of the molecule is Cc1ccc(S(=O)(=O)N(CCCc2c(Cc3ccccc3)nc(N)[nH]c2=O)c2ccccc2)cc1. The van der Waals surface area contributed by atoms with E-state index in [4.69, 9.17) is 5.73 Å². The number of hydrogen-bond acceptors (Lipinski definition) is 5. The monoisotopic (exact) mass is 488 g/mol. The third-order valence-electron chi connectivity index (χ3n) is 5.77. The summed E-state index contributed by atoms with van der Waals surface area (Å²) in [6.07, 6.45) is 1.25. The minimum absolute atomic E-state index is 0.0672. The van der Waals surface area contributed by atoms with Crippen molar-refractivity contribution in [3.8, 4) is 0 Å². The molecule has 1 heterocycles. The van der Waals surface area contributed by atoms with Gasteiger partial charge in [0.25, 0.3) is 15.6 Å². The second kappa shape index (κ2) is 10.6. The summed E-state index contributed by atoms with van der Waals surface area (Å²) in [5.74, 6) is 0.0672. The standard InChI is InChI=1S/C27H28N4O3S/c1-20-14-16-23(17-15-20)35(33,34)31(22-11-6-3-7-12-22)18-8-13-24-25(29-27(28)30-26(24)32)19-21-9-4-2-5-10-21/h2-7,9-12,14-17H,8,13,18-19H2,1H3,(H3,28,29,30,32). The van der Waals surface area contributed by atoms with Crippen LogP contribution in [-0.4, -0.2) is 24.9 Å². The normalized spacial score (nSPS) is 11.3. The fourth-order valence-electron chi connectivity index (χ4n) is 3.98. The van der Waals surface area contributed by atoms with Crippen LogP contribution in [0.5, 0.6) is 0 Å². The Kier molecular flexibility index (Phi) is 7.31. The van der Waals surface area contributed by atoms with Crippen LogP contribution in [0.25, 0.3) is 0 Å². The van der Waals surface area contributed by atoms with E-state index in [9.17, 15) is 13.2 Å². The number of benzene rings is 3. The summed E-state index contributed by atoms with van der Waals surface area (Å²) in [6, 6.07) is 25.5. The van der Waals surface area contributed by atoms with Gasteiger partial charge in [-0.3, -0.25) is 14.1 Å². The Labute approximate surface area is 205 Å². The minimum Gasteiger partial charge on any atom is -0.369 e. The summed E-state index contributed by atoms with van der Waals surface area (Å²) in [5, 5.41) is 0. The number of nitrogen functional groups attached to an aromatic ring is 1. The van der Waals surface area contributed by atoms with Crippen LogP contribution in [0.2, 0.25) is 0 Å². The molecule has 0 fully saturated rings. The Hall–Kier alpha value is -3.91. The molecule has 35 heavy (non-hydrogen) atoms. The fourth-order valence-corrected chi connectivity index (χ4v) is 5.48. The molecule has 7 nitrogen and oxygen atoms in total. The van der Waals surface area contributed by atoms with Gasteiger partial charge in [0.2, 0.25) is 5.95 Å². The molecule has 0 spiro atoms. The predicted molar refractivity (Wildman–Crippen MR) is 139 cm³/mol. The molecule has 3 N–H and O–H groups in total. The molecule has 0 aliphatic carbocycles. The van der Waals surface area contributed by atoms with E-state index in [1.165, 1.54) is 4.31 Å². The van der Waals surface area contributed by atoms with Crippen LogP contribution in [0, 0.1) is 6.92 Å². The fraction of sp³-hybridized carbons (Fsp3) is 0.185. The Morgan fingerprint density at radius 1 is 0.914 bits per heavy atom. The number of hydrogen-bond donors (Lipinski definition) is 2. The molecule has 0 bridgehead atoms. The first kappa shape index (κ1) is 24.2. The van der Waals surface area contributed by atoms with Crippen LogP contribution in [-0.2, 0) is 22.9 Å². The zero-order valence-corrected chi connectivity index (χ0v) is 20.3. The highest BCUT2D eigenvalue weighted by Crippen LogP contribution is 2.24. The molecular formula is C27H28N4O3S. The molecule has 0 radical (unpaired) electrons. The number of nitrogens with one attached hydrogen (secondary N) is 1. The molecule has 0 amide bonds. The molecule has 4 rings (SSSR count). The molecule has 1 aromatic heterocycles. The van der Waals surface area contributed by atoms with Crippen LogP contribution < -0.4 is 15.6 Å². The third kappa shape index (κ3) is 5.78. The summed E-state index contributed by atoms with van der Waals surface area (Å²) in [5.41, 5.74) is 9.20. The van der Waals surface area contributed by atoms with E-state index in [1.807, 2.05) is 43.3 Å². The molecule has 8 heteroatoms. The number of rotatable bonds is 9. The molecule has 0 atom stereocenters. The van der Waals surface area contributed by atoms with Crippen molar-refractivity contribution in [2.75, 3.05) is 16.6 Å². The highest BCUT2D eigenvalue weighted by Gasteiger charge is 2.25. The van der Waals surface area contributed by atoms with Crippen LogP contribution in [0.3, 0.4) is 0 Å². The average Bonchev–Trinajstić information content (AvgIpc) is 2.84. The lowest BCUT2D eigenvalue weighted by Gasteiger charge is -2.25. The van der Waals surface area contributed by atoms with Gasteiger partial charge in [-0.1, -0.05) is 66.2 Å². The first-order valence-electron chi connectivity index (χ1n) is 11.4. The van der Waals surface area contributed by atoms with Gasteiger partial charge in [-0.25, -0.2) is 13.4 Å². The third-order valence-corrected chi connectivity index (χ3v) is 7.62. The van der Waals surface area contributed by atoms with Crippen molar-refractivity contribution in [1.29, 1.82) is 0 Å². The van der Waals surface area contributed by atoms with E-state index in [-0.39, 0.29) is 22.9 Å². The Balaban J connectivity index is 1.60. The Morgan fingerprint density at radius 3 is 2.20 bits per heavy atom. The number of aromatic nitrogens is 2. The van der Waals surface area contributed by atoms with Gasteiger partial charge >= 0.3 is 0 Å². The number of anilines is 2. The van der Waals surface area contributed by atoms with Gasteiger partial charge in [0.05, 0.1) is 16.3 Å². The van der Waals surface area contributed by atoms with E-state index in [2.05, 4.69) is 9.97 Å². The van der Waals surface area contributed by atoms with Gasteiger partial charge in [0, 0.05) is 18.5 Å². The van der Waals surface area contributed by atoms with Crippen LogP contribution >= 0.6 is 0 Å². The van der Waals surface area contributed by atoms with Crippen molar-refractivity contribution in [3.63, 3.8) is 0 Å². The zero-order chi connectivity index (χ0) is 24.8. The highest BCUT2D eigenvalue weighted by atomic mass is 32.2. The Morgan fingerprint density at radius 2 is 1.54 bits per heavy atom. The number of aromatic amines is 1. The predicted octanol–water partition coefficient (Wildman–Crippen LogP) is 4.08. The highest BCUT2D eigenvalue weighted by molar-refractivity contribution is 7.92. The number of nitrogens with zero attached hydrogens (tertiary/aromatic N) is 2. The number of para-hydroxylation sites is 1. The van der Waals surface area contributed by atoms with Gasteiger partial charge in [-0.15, -0.1) is 0 Å². The molecule has 0 aliphatic rings. The topological polar surface area (TPSA) is 109 Å². The van der Waals surface area contributed by atoms with Crippen molar-refractivity contribution >= 4 is 21.7 Å². The van der Waals surface area contributed by atoms with Crippen LogP contribution in [0.15, 0.2) is 94.6 Å². The zero-order valence-electron chi connectivity index (χ0n) is 19.5. The molecule has 180 valence electrons. The molecule has 0 saturated carbocycles. The first-order valence-corrected chi connectivity index (χ1v) is 12.8. The van der Waals surface area contributed by atoms with Gasteiger partial charge in [0.1, 0.15) is 0 Å².